The topological polar surface area (TPSA) is 72.4 Å². The lowest BCUT2D eigenvalue weighted by atomic mass is 9.92. The minimum atomic E-state index is -4.75. The van der Waals surface area contributed by atoms with Crippen molar-refractivity contribution in [2.75, 3.05) is 50.0 Å². The largest absolute Gasteiger partial charge is 0.487 e. The second-order valence-corrected chi connectivity index (χ2v) is 9.84. The first-order valence-corrected chi connectivity index (χ1v) is 13.0. The van der Waals surface area contributed by atoms with Gasteiger partial charge in [-0.1, -0.05) is 6.07 Å². The summed E-state index contributed by atoms with van der Waals surface area (Å²) >= 11 is 0. The van der Waals surface area contributed by atoms with Crippen molar-refractivity contribution in [2.45, 2.75) is 44.8 Å². The van der Waals surface area contributed by atoms with Crippen molar-refractivity contribution in [1.29, 1.82) is 0 Å². The third-order valence-electron chi connectivity index (χ3n) is 7.45. The number of halogens is 4. The molecule has 11 heteroatoms. The van der Waals surface area contributed by atoms with E-state index in [9.17, 15) is 17.6 Å². The number of likely N-dealkylation sites (tertiary alicyclic amines) is 1. The quantitative estimate of drug-likeness (QED) is 0.404. The highest BCUT2D eigenvalue weighted by atomic mass is 19.4. The molecule has 0 bridgehead atoms. The predicted octanol–water partition coefficient (Wildman–Crippen LogP) is 5.17. The molecule has 0 unspecified atom stereocenters. The Hall–Kier alpha value is -3.34. The number of hydrogen-bond acceptors (Lipinski definition) is 6. The molecule has 0 radical (unpaired) electrons. The minimum absolute atomic E-state index is 0.216. The van der Waals surface area contributed by atoms with Gasteiger partial charge in [0.2, 0.25) is 5.75 Å². The number of rotatable bonds is 8. The maximum absolute atomic E-state index is 13.9. The van der Waals surface area contributed by atoms with Crippen molar-refractivity contribution >= 4 is 11.6 Å². The molecule has 204 valence electrons. The van der Waals surface area contributed by atoms with Gasteiger partial charge in [-0.25, -0.2) is 14.4 Å². The number of piperidine rings is 1. The summed E-state index contributed by atoms with van der Waals surface area (Å²) in [4.78, 5) is 13.0. The second kappa shape index (κ2) is 10.8. The standard InChI is InChI=1S/C27H32F4N6O/c1-2-38-24-25(32)33-17-34-26(24)36-10-6-18(7-11-36)23-15-20(16-37(23)13-12-35-8-3-9-35)19-4-5-22(28)21(14-19)27(29,30)31/h4-5,14-18H,2-3,6-13H2,1H3,(H2,32,33,34). The Morgan fingerprint density at radius 1 is 1.03 bits per heavy atom. The van der Waals surface area contributed by atoms with E-state index < -0.39 is 17.6 Å². The van der Waals surface area contributed by atoms with Crippen LogP contribution in [0.15, 0.2) is 36.8 Å². The molecule has 5 rings (SSSR count). The summed E-state index contributed by atoms with van der Waals surface area (Å²) < 4.78 is 61.9. The zero-order valence-electron chi connectivity index (χ0n) is 21.3. The van der Waals surface area contributed by atoms with Gasteiger partial charge in [0.25, 0.3) is 0 Å². The molecule has 0 saturated carbocycles. The summed E-state index contributed by atoms with van der Waals surface area (Å²) in [5, 5.41) is 0. The summed E-state index contributed by atoms with van der Waals surface area (Å²) in [7, 11) is 0. The van der Waals surface area contributed by atoms with Gasteiger partial charge in [0.15, 0.2) is 11.6 Å². The van der Waals surface area contributed by atoms with Crippen molar-refractivity contribution < 1.29 is 22.3 Å². The Bertz CT molecular complexity index is 1260. The normalized spacial score (nSPS) is 17.0. The first-order chi connectivity index (χ1) is 18.2. The van der Waals surface area contributed by atoms with Gasteiger partial charge in [-0.15, -0.1) is 0 Å². The Kier molecular flexibility index (Phi) is 7.47. The van der Waals surface area contributed by atoms with Crippen LogP contribution >= 0.6 is 0 Å². The number of nitrogens with zero attached hydrogens (tertiary/aromatic N) is 5. The Morgan fingerprint density at radius 3 is 2.45 bits per heavy atom. The van der Waals surface area contributed by atoms with Crippen LogP contribution in [-0.2, 0) is 12.7 Å². The first kappa shape index (κ1) is 26.3. The van der Waals surface area contributed by atoms with Crippen LogP contribution < -0.4 is 15.4 Å². The summed E-state index contributed by atoms with van der Waals surface area (Å²) in [6.07, 6.45) is 1.45. The lowest BCUT2D eigenvalue weighted by molar-refractivity contribution is -0.139. The molecule has 2 aliphatic heterocycles. The number of nitrogens with two attached hydrogens (primary N) is 1. The van der Waals surface area contributed by atoms with Crippen molar-refractivity contribution in [1.82, 2.24) is 19.4 Å². The number of aromatic nitrogens is 3. The first-order valence-electron chi connectivity index (χ1n) is 13.0. The molecule has 38 heavy (non-hydrogen) atoms. The molecule has 1 aromatic carbocycles. The van der Waals surface area contributed by atoms with Crippen LogP contribution in [0.25, 0.3) is 11.1 Å². The molecule has 0 atom stereocenters. The summed E-state index contributed by atoms with van der Waals surface area (Å²) in [6, 6.07) is 5.20. The number of hydrogen-bond donors (Lipinski definition) is 1. The van der Waals surface area contributed by atoms with Crippen molar-refractivity contribution in [3.63, 3.8) is 0 Å². The number of ether oxygens (including phenoxy) is 1. The molecule has 2 aromatic heterocycles. The molecule has 2 saturated heterocycles. The van der Waals surface area contributed by atoms with E-state index in [4.69, 9.17) is 10.5 Å². The van der Waals surface area contributed by atoms with Gasteiger partial charge in [-0.2, -0.15) is 13.2 Å². The van der Waals surface area contributed by atoms with Crippen molar-refractivity contribution in [3.8, 4) is 16.9 Å². The van der Waals surface area contributed by atoms with Crippen LogP contribution in [0.2, 0.25) is 0 Å². The molecule has 3 aromatic rings. The molecule has 2 aliphatic rings. The third-order valence-corrected chi connectivity index (χ3v) is 7.45. The summed E-state index contributed by atoms with van der Waals surface area (Å²) in [5.41, 5.74) is 6.90. The van der Waals surface area contributed by atoms with Gasteiger partial charge < -0.3 is 24.8 Å². The summed E-state index contributed by atoms with van der Waals surface area (Å²) in [6.45, 7) is 7.55. The number of benzene rings is 1. The van der Waals surface area contributed by atoms with E-state index >= 15 is 0 Å². The van der Waals surface area contributed by atoms with E-state index in [-0.39, 0.29) is 5.92 Å². The van der Waals surface area contributed by atoms with E-state index in [0.717, 1.165) is 69.9 Å². The van der Waals surface area contributed by atoms with Gasteiger partial charge in [-0.05, 0) is 68.6 Å². The third kappa shape index (κ3) is 5.43. The molecular weight excluding hydrogens is 500 g/mol. The van der Waals surface area contributed by atoms with Gasteiger partial charge in [0.05, 0.1) is 12.2 Å². The van der Waals surface area contributed by atoms with Gasteiger partial charge in [0, 0.05) is 44.0 Å². The Labute approximate surface area is 219 Å². The van der Waals surface area contributed by atoms with E-state index in [1.165, 1.54) is 18.8 Å². The average molecular weight is 533 g/mol. The fraction of sp³-hybridized carbons (Fsp3) is 0.481. The van der Waals surface area contributed by atoms with Crippen molar-refractivity contribution in [2.24, 2.45) is 0 Å². The van der Waals surface area contributed by atoms with Crippen LogP contribution in [0, 0.1) is 5.82 Å². The Balaban J connectivity index is 1.39. The minimum Gasteiger partial charge on any atom is -0.487 e. The molecule has 0 spiro atoms. The zero-order chi connectivity index (χ0) is 26.9. The predicted molar refractivity (Wildman–Crippen MR) is 138 cm³/mol. The highest BCUT2D eigenvalue weighted by Crippen LogP contribution is 2.39. The molecule has 0 aliphatic carbocycles. The number of nitrogen functional groups attached to an aromatic ring is 1. The molecule has 2 fully saturated rings. The molecule has 2 N–H and O–H groups in total. The van der Waals surface area contributed by atoms with Gasteiger partial charge in [-0.3, -0.25) is 0 Å². The molecule has 4 heterocycles. The van der Waals surface area contributed by atoms with Crippen LogP contribution in [0.3, 0.4) is 0 Å². The average Bonchev–Trinajstić information content (AvgIpc) is 3.28. The fourth-order valence-electron chi connectivity index (χ4n) is 5.28. The van der Waals surface area contributed by atoms with Crippen LogP contribution in [0.4, 0.5) is 29.2 Å². The fourth-order valence-corrected chi connectivity index (χ4v) is 5.28. The van der Waals surface area contributed by atoms with Crippen molar-refractivity contribution in [3.05, 3.63) is 53.9 Å². The monoisotopic (exact) mass is 532 g/mol. The SMILES string of the molecule is CCOc1c(N)ncnc1N1CCC(c2cc(-c3ccc(F)c(C(F)(F)F)c3)cn2CCN2CCC2)CC1. The van der Waals surface area contributed by atoms with Gasteiger partial charge >= 0.3 is 6.18 Å². The lowest BCUT2D eigenvalue weighted by Crippen LogP contribution is -2.39. The zero-order valence-corrected chi connectivity index (χ0v) is 21.3. The Morgan fingerprint density at radius 2 is 1.79 bits per heavy atom. The second-order valence-electron chi connectivity index (χ2n) is 9.84. The van der Waals surface area contributed by atoms with Gasteiger partial charge in [0.1, 0.15) is 12.1 Å². The number of alkyl halides is 3. The smallest absolute Gasteiger partial charge is 0.419 e. The van der Waals surface area contributed by atoms with E-state index in [1.54, 1.807) is 0 Å². The lowest BCUT2D eigenvalue weighted by Gasteiger charge is -2.34. The molecule has 7 nitrogen and oxygen atoms in total. The maximum atomic E-state index is 13.9. The highest BCUT2D eigenvalue weighted by Gasteiger charge is 2.34. The van der Waals surface area contributed by atoms with Crippen LogP contribution in [0.5, 0.6) is 5.75 Å². The van der Waals surface area contributed by atoms with Crippen LogP contribution in [0.1, 0.15) is 43.4 Å². The highest BCUT2D eigenvalue weighted by molar-refractivity contribution is 5.66. The molecular formula is C27H32F4N6O. The maximum Gasteiger partial charge on any atom is 0.419 e. The van der Waals surface area contributed by atoms with E-state index in [2.05, 4.69) is 24.3 Å². The summed E-state index contributed by atoms with van der Waals surface area (Å²) in [5.74, 6) is 0.431. The van der Waals surface area contributed by atoms with E-state index in [1.807, 2.05) is 19.2 Å². The number of anilines is 2. The van der Waals surface area contributed by atoms with Crippen LogP contribution in [-0.4, -0.2) is 58.8 Å². The van der Waals surface area contributed by atoms with E-state index in [0.29, 0.717) is 35.1 Å². The molecule has 0 amide bonds.